The van der Waals surface area contributed by atoms with Gasteiger partial charge >= 0.3 is 0 Å². The van der Waals surface area contributed by atoms with Gasteiger partial charge in [-0.05, 0) is 148 Å². The second kappa shape index (κ2) is 16.4. The minimum atomic E-state index is 0.743. The van der Waals surface area contributed by atoms with Crippen molar-refractivity contribution in [2.75, 3.05) is 0 Å². The first-order chi connectivity index (χ1) is 25.0. The molecule has 3 heteroatoms. The number of hydrogen-bond acceptors (Lipinski definition) is 3. The maximum atomic E-state index is 4.88. The molecule has 0 amide bonds. The second-order valence-corrected chi connectivity index (χ2v) is 15.0. The monoisotopic (exact) mass is 669 g/mol. The van der Waals surface area contributed by atoms with Crippen molar-refractivity contribution in [1.82, 2.24) is 15.0 Å². The lowest BCUT2D eigenvalue weighted by molar-refractivity contribution is 0.172. The van der Waals surface area contributed by atoms with Crippen molar-refractivity contribution in [1.29, 1.82) is 0 Å². The molecule has 3 heterocycles. The highest BCUT2D eigenvalue weighted by molar-refractivity contribution is 5.64. The molecule has 1 aliphatic carbocycles. The summed E-state index contributed by atoms with van der Waals surface area (Å²) < 4.78 is 0. The van der Waals surface area contributed by atoms with Gasteiger partial charge in [-0.3, -0.25) is 15.0 Å². The topological polar surface area (TPSA) is 38.7 Å². The van der Waals surface area contributed by atoms with Gasteiger partial charge in [0.05, 0.1) is 17.1 Å². The minimum Gasteiger partial charge on any atom is -0.256 e. The van der Waals surface area contributed by atoms with Crippen molar-refractivity contribution >= 4 is 0 Å². The quantitative estimate of drug-likeness (QED) is 0.130. The summed E-state index contributed by atoms with van der Waals surface area (Å²) in [4.78, 5) is 14.6. The molecule has 0 unspecified atom stereocenters. The van der Waals surface area contributed by atoms with Crippen LogP contribution < -0.4 is 0 Å². The molecular weight excluding hydrogens is 619 g/mol. The van der Waals surface area contributed by atoms with Gasteiger partial charge in [0.1, 0.15) is 0 Å². The lowest BCUT2D eigenvalue weighted by atomic mass is 9.70. The summed E-state index contributed by atoms with van der Waals surface area (Å²) in [6.07, 6.45) is 17.3. The zero-order chi connectivity index (χ0) is 35.0. The summed E-state index contributed by atoms with van der Waals surface area (Å²) in [5, 5.41) is 0. The largest absolute Gasteiger partial charge is 0.256 e. The molecule has 0 atom stereocenters. The average Bonchev–Trinajstić information content (AvgIpc) is 3.17. The molecule has 6 aromatic rings. The first-order valence-electron chi connectivity index (χ1n) is 19.0. The van der Waals surface area contributed by atoms with Gasteiger partial charge in [0, 0.05) is 35.3 Å². The molecular formula is C48H51N3. The van der Waals surface area contributed by atoms with E-state index < -0.39 is 0 Å². The van der Waals surface area contributed by atoms with Gasteiger partial charge in [-0.25, -0.2) is 0 Å². The van der Waals surface area contributed by atoms with E-state index in [0.717, 1.165) is 54.1 Å². The molecule has 0 spiro atoms. The van der Waals surface area contributed by atoms with Crippen molar-refractivity contribution < 1.29 is 0 Å². The molecule has 0 N–H and O–H groups in total. The first-order valence-corrected chi connectivity index (χ1v) is 19.0. The third kappa shape index (κ3) is 8.89. The molecule has 0 saturated heterocycles. The third-order valence-electron chi connectivity index (χ3n) is 11.3. The Morgan fingerprint density at radius 3 is 0.941 bits per heavy atom. The lowest BCUT2D eigenvalue weighted by Crippen LogP contribution is -2.24. The Morgan fingerprint density at radius 2 is 0.686 bits per heavy atom. The highest BCUT2D eigenvalue weighted by Gasteiger charge is 2.28. The predicted octanol–water partition coefficient (Wildman–Crippen LogP) is 12.0. The van der Waals surface area contributed by atoms with Crippen LogP contribution in [-0.4, -0.2) is 15.0 Å². The predicted molar refractivity (Wildman–Crippen MR) is 213 cm³/mol. The van der Waals surface area contributed by atoms with E-state index in [1.165, 1.54) is 88.6 Å². The Labute approximate surface area is 305 Å². The van der Waals surface area contributed by atoms with E-state index in [1.54, 1.807) is 0 Å². The highest BCUT2D eigenvalue weighted by atomic mass is 14.7. The normalized spacial score (nSPS) is 17.4. The van der Waals surface area contributed by atoms with E-state index in [0.29, 0.717) is 0 Å². The Hall–Kier alpha value is -4.89. The Kier molecular flexibility index (Phi) is 11.1. The first kappa shape index (κ1) is 34.6. The standard InChI is InChI=1S/C48H51N3/c1-34-10-4-7-13-43(34)46-25-22-37(31-49-46)16-19-40-28-41(20-17-38-23-26-47(50-32-38)44-14-8-5-11-35(44)2)30-42(29-40)21-18-39-24-27-48(51-33-39)45-15-9-6-12-36(45)3/h4-15,22-27,31-33,40-42H,16-21,28-30H2,1-3H3. The number of aryl methyl sites for hydroxylation is 6. The van der Waals surface area contributed by atoms with Crippen LogP contribution >= 0.6 is 0 Å². The fourth-order valence-electron chi connectivity index (χ4n) is 8.30. The van der Waals surface area contributed by atoms with Crippen molar-refractivity contribution in [3.63, 3.8) is 0 Å². The van der Waals surface area contributed by atoms with Crippen LogP contribution in [-0.2, 0) is 19.3 Å². The van der Waals surface area contributed by atoms with Gasteiger partial charge in [0.15, 0.2) is 0 Å². The summed E-state index contributed by atoms with van der Waals surface area (Å²) in [5.74, 6) is 2.23. The number of benzene rings is 3. The molecule has 3 aromatic heterocycles. The Balaban J connectivity index is 0.996. The Morgan fingerprint density at radius 1 is 0.392 bits per heavy atom. The van der Waals surface area contributed by atoms with Gasteiger partial charge in [-0.1, -0.05) is 91.0 Å². The summed E-state index contributed by atoms with van der Waals surface area (Å²) >= 11 is 0. The van der Waals surface area contributed by atoms with Gasteiger partial charge in [0.2, 0.25) is 0 Å². The van der Waals surface area contributed by atoms with Crippen molar-refractivity contribution in [3.05, 3.63) is 161 Å². The average molecular weight is 670 g/mol. The van der Waals surface area contributed by atoms with Gasteiger partial charge in [0.25, 0.3) is 0 Å². The highest BCUT2D eigenvalue weighted by Crippen LogP contribution is 2.40. The van der Waals surface area contributed by atoms with Crippen molar-refractivity contribution in [2.45, 2.75) is 78.6 Å². The van der Waals surface area contributed by atoms with E-state index in [4.69, 9.17) is 15.0 Å². The van der Waals surface area contributed by atoms with Crippen LogP contribution in [0.15, 0.2) is 128 Å². The molecule has 258 valence electrons. The minimum absolute atomic E-state index is 0.743. The molecule has 0 bridgehead atoms. The fourth-order valence-corrected chi connectivity index (χ4v) is 8.30. The molecule has 1 saturated carbocycles. The molecule has 0 aliphatic heterocycles. The summed E-state index contributed by atoms with van der Waals surface area (Å²) in [5.41, 5.74) is 14.7. The molecule has 1 fully saturated rings. The maximum Gasteiger partial charge on any atom is 0.0704 e. The molecule has 7 rings (SSSR count). The van der Waals surface area contributed by atoms with E-state index in [9.17, 15) is 0 Å². The molecule has 3 nitrogen and oxygen atoms in total. The summed E-state index contributed by atoms with van der Waals surface area (Å²) in [7, 11) is 0. The van der Waals surface area contributed by atoms with Crippen LogP contribution in [0, 0.1) is 38.5 Å². The van der Waals surface area contributed by atoms with Crippen LogP contribution in [0.25, 0.3) is 33.8 Å². The van der Waals surface area contributed by atoms with Gasteiger partial charge < -0.3 is 0 Å². The maximum absolute atomic E-state index is 4.88. The van der Waals surface area contributed by atoms with Crippen LogP contribution in [0.1, 0.15) is 71.9 Å². The van der Waals surface area contributed by atoms with Crippen molar-refractivity contribution in [3.8, 4) is 33.8 Å². The van der Waals surface area contributed by atoms with Crippen LogP contribution in [0.4, 0.5) is 0 Å². The zero-order valence-electron chi connectivity index (χ0n) is 30.6. The van der Waals surface area contributed by atoms with E-state index in [2.05, 4.69) is 149 Å². The molecule has 0 radical (unpaired) electrons. The number of hydrogen-bond donors (Lipinski definition) is 0. The lowest BCUT2D eigenvalue weighted by Gasteiger charge is -2.35. The van der Waals surface area contributed by atoms with Gasteiger partial charge in [-0.15, -0.1) is 0 Å². The summed E-state index contributed by atoms with van der Waals surface area (Å²) in [6, 6.07) is 39.1. The smallest absolute Gasteiger partial charge is 0.0704 e. The van der Waals surface area contributed by atoms with Crippen molar-refractivity contribution in [2.24, 2.45) is 17.8 Å². The number of aromatic nitrogens is 3. The van der Waals surface area contributed by atoms with E-state index >= 15 is 0 Å². The third-order valence-corrected chi connectivity index (χ3v) is 11.3. The zero-order valence-corrected chi connectivity index (χ0v) is 30.6. The molecule has 1 aliphatic rings. The molecule has 3 aromatic carbocycles. The van der Waals surface area contributed by atoms with E-state index in [1.807, 2.05) is 0 Å². The van der Waals surface area contributed by atoms with Crippen LogP contribution in [0.3, 0.4) is 0 Å². The molecule has 51 heavy (non-hydrogen) atoms. The summed E-state index contributed by atoms with van der Waals surface area (Å²) in [6.45, 7) is 6.49. The van der Waals surface area contributed by atoms with Crippen LogP contribution in [0.2, 0.25) is 0 Å². The second-order valence-electron chi connectivity index (χ2n) is 15.0. The van der Waals surface area contributed by atoms with E-state index in [-0.39, 0.29) is 0 Å². The number of pyridine rings is 3. The van der Waals surface area contributed by atoms with Crippen LogP contribution in [0.5, 0.6) is 0 Å². The number of nitrogens with zero attached hydrogens (tertiary/aromatic N) is 3. The fraction of sp³-hybridized carbons (Fsp3) is 0.312. The Bertz CT molecular complexity index is 1770. The number of rotatable bonds is 12. The SMILES string of the molecule is Cc1ccccc1-c1ccc(CCC2CC(CCc3ccc(-c4ccccc4C)nc3)CC(CCc3ccc(-c4ccccc4C)nc3)C2)cn1. The van der Waals surface area contributed by atoms with Gasteiger partial charge in [-0.2, -0.15) is 0 Å².